The monoisotopic (exact) mass is 342 g/mol. The summed E-state index contributed by atoms with van der Waals surface area (Å²) in [6.45, 7) is 2.44. The second-order valence-electron chi connectivity index (χ2n) is 7.51. The van der Waals surface area contributed by atoms with Crippen molar-refractivity contribution >= 4 is 0 Å². The van der Waals surface area contributed by atoms with Crippen LogP contribution >= 0.6 is 0 Å². The van der Waals surface area contributed by atoms with Crippen molar-refractivity contribution in [3.63, 3.8) is 0 Å². The lowest BCUT2D eigenvalue weighted by Crippen LogP contribution is -2.42. The molecule has 4 rings (SSSR count). The third-order valence-corrected chi connectivity index (χ3v) is 5.79. The summed E-state index contributed by atoms with van der Waals surface area (Å²) in [5.41, 5.74) is 6.04. The van der Waals surface area contributed by atoms with Gasteiger partial charge in [-0.3, -0.25) is 9.88 Å². The summed E-state index contributed by atoms with van der Waals surface area (Å²) in [6, 6.07) is 4.16. The number of hydrogen-bond acceptors (Lipinski definition) is 6. The molecular weight excluding hydrogens is 316 g/mol. The Morgan fingerprint density at radius 3 is 2.68 bits per heavy atom. The van der Waals surface area contributed by atoms with Gasteiger partial charge in [0.15, 0.2) is 0 Å². The molecule has 0 radical (unpaired) electrons. The lowest BCUT2D eigenvalue weighted by molar-refractivity contribution is -0.0286. The van der Waals surface area contributed by atoms with Gasteiger partial charge < -0.3 is 15.4 Å². The standard InChI is InChI=1S/C18H26N6O/c1-23-16(21-22-17(23)13-9-15(19)10-13)12-24-7-4-18(25,5-8-24)14-3-2-6-20-11-14/h2-3,6,11,13,15,25H,4-5,7-10,12,19H2,1H3. The van der Waals surface area contributed by atoms with Crippen LogP contribution in [0.25, 0.3) is 0 Å². The maximum absolute atomic E-state index is 10.9. The highest BCUT2D eigenvalue weighted by Crippen LogP contribution is 2.35. The molecule has 2 aliphatic rings. The number of piperidine rings is 1. The lowest BCUT2D eigenvalue weighted by Gasteiger charge is -2.38. The Kier molecular flexibility index (Phi) is 4.31. The van der Waals surface area contributed by atoms with E-state index in [-0.39, 0.29) is 0 Å². The van der Waals surface area contributed by atoms with Crippen LogP contribution < -0.4 is 5.73 Å². The van der Waals surface area contributed by atoms with Gasteiger partial charge in [0.05, 0.1) is 12.1 Å². The van der Waals surface area contributed by atoms with Gasteiger partial charge in [-0.05, 0) is 31.7 Å². The fourth-order valence-corrected chi connectivity index (χ4v) is 3.95. The van der Waals surface area contributed by atoms with E-state index in [4.69, 9.17) is 5.73 Å². The van der Waals surface area contributed by atoms with Crippen molar-refractivity contribution in [2.24, 2.45) is 12.8 Å². The Balaban J connectivity index is 1.38. The molecule has 2 aromatic heterocycles. The Labute approximate surface area is 147 Å². The average Bonchev–Trinajstić information content (AvgIpc) is 2.95. The first kappa shape index (κ1) is 16.6. The minimum Gasteiger partial charge on any atom is -0.385 e. The highest BCUT2D eigenvalue weighted by Gasteiger charge is 2.35. The first-order chi connectivity index (χ1) is 12.0. The van der Waals surface area contributed by atoms with E-state index in [0.717, 1.165) is 49.7 Å². The maximum Gasteiger partial charge on any atom is 0.146 e. The van der Waals surface area contributed by atoms with Crippen molar-refractivity contribution < 1.29 is 5.11 Å². The number of rotatable bonds is 4. The van der Waals surface area contributed by atoms with Gasteiger partial charge in [-0.2, -0.15) is 0 Å². The highest BCUT2D eigenvalue weighted by molar-refractivity contribution is 5.19. The van der Waals surface area contributed by atoms with E-state index in [0.29, 0.717) is 24.8 Å². The Morgan fingerprint density at radius 2 is 2.04 bits per heavy atom. The number of nitrogens with two attached hydrogens (primary N) is 1. The molecule has 3 heterocycles. The molecule has 3 N–H and O–H groups in total. The minimum atomic E-state index is -0.766. The molecule has 2 aromatic rings. The number of hydrogen-bond donors (Lipinski definition) is 2. The summed E-state index contributed by atoms with van der Waals surface area (Å²) in [4.78, 5) is 6.48. The van der Waals surface area contributed by atoms with Gasteiger partial charge in [-0.25, -0.2) is 0 Å². The fourth-order valence-electron chi connectivity index (χ4n) is 3.95. The van der Waals surface area contributed by atoms with Crippen LogP contribution in [0.2, 0.25) is 0 Å². The van der Waals surface area contributed by atoms with E-state index < -0.39 is 5.60 Å². The largest absolute Gasteiger partial charge is 0.385 e. The van der Waals surface area contributed by atoms with Crippen LogP contribution in [-0.4, -0.2) is 48.9 Å². The van der Waals surface area contributed by atoms with Crippen LogP contribution in [-0.2, 0) is 19.2 Å². The zero-order chi connectivity index (χ0) is 17.4. The predicted octanol–water partition coefficient (Wildman–Crippen LogP) is 0.898. The first-order valence-corrected chi connectivity index (χ1v) is 9.04. The van der Waals surface area contributed by atoms with E-state index in [1.807, 2.05) is 19.2 Å². The zero-order valence-electron chi connectivity index (χ0n) is 14.7. The van der Waals surface area contributed by atoms with Crippen LogP contribution in [0.4, 0.5) is 0 Å². The third kappa shape index (κ3) is 3.19. The topological polar surface area (TPSA) is 93.1 Å². The molecule has 0 amide bonds. The van der Waals surface area contributed by atoms with Crippen LogP contribution in [0.5, 0.6) is 0 Å². The smallest absolute Gasteiger partial charge is 0.146 e. The molecule has 0 unspecified atom stereocenters. The summed E-state index contributed by atoms with van der Waals surface area (Å²) in [6.07, 6.45) is 6.94. The molecule has 1 saturated heterocycles. The van der Waals surface area contributed by atoms with Crippen molar-refractivity contribution in [3.8, 4) is 0 Å². The molecule has 1 aliphatic carbocycles. The van der Waals surface area contributed by atoms with Gasteiger partial charge in [-0.1, -0.05) is 6.07 Å². The quantitative estimate of drug-likeness (QED) is 0.857. The molecule has 134 valence electrons. The Bertz CT molecular complexity index is 716. The lowest BCUT2D eigenvalue weighted by atomic mass is 9.80. The highest BCUT2D eigenvalue weighted by atomic mass is 16.3. The van der Waals surface area contributed by atoms with Crippen molar-refractivity contribution in [2.75, 3.05) is 13.1 Å². The molecule has 0 aromatic carbocycles. The minimum absolute atomic E-state index is 0.317. The number of pyridine rings is 1. The van der Waals surface area contributed by atoms with Crippen molar-refractivity contribution in [3.05, 3.63) is 41.7 Å². The Morgan fingerprint density at radius 1 is 1.28 bits per heavy atom. The molecule has 0 atom stereocenters. The van der Waals surface area contributed by atoms with Gasteiger partial charge >= 0.3 is 0 Å². The first-order valence-electron chi connectivity index (χ1n) is 9.04. The van der Waals surface area contributed by atoms with Crippen molar-refractivity contribution in [1.82, 2.24) is 24.6 Å². The molecule has 7 nitrogen and oxygen atoms in total. The van der Waals surface area contributed by atoms with Crippen molar-refractivity contribution in [2.45, 2.75) is 49.8 Å². The van der Waals surface area contributed by atoms with E-state index >= 15 is 0 Å². The Hall–Kier alpha value is -1.83. The normalized spacial score (nSPS) is 26.4. The second kappa shape index (κ2) is 6.48. The summed E-state index contributed by atoms with van der Waals surface area (Å²) in [5.74, 6) is 2.50. The molecule has 1 saturated carbocycles. The SMILES string of the molecule is Cn1c(CN2CCC(O)(c3cccnc3)CC2)nnc1C1CC(N)C1. The molecular formula is C18H26N6O. The third-order valence-electron chi connectivity index (χ3n) is 5.79. The number of nitrogens with zero attached hydrogens (tertiary/aromatic N) is 5. The van der Waals surface area contributed by atoms with Gasteiger partial charge in [-0.15, -0.1) is 10.2 Å². The molecule has 0 bridgehead atoms. The van der Waals surface area contributed by atoms with Gasteiger partial charge in [0, 0.05) is 50.1 Å². The molecule has 1 aliphatic heterocycles. The second-order valence-corrected chi connectivity index (χ2v) is 7.51. The van der Waals surface area contributed by atoms with Gasteiger partial charge in [0.25, 0.3) is 0 Å². The van der Waals surface area contributed by atoms with Crippen LogP contribution in [0.3, 0.4) is 0 Å². The molecule has 25 heavy (non-hydrogen) atoms. The molecule has 0 spiro atoms. The summed E-state index contributed by atoms with van der Waals surface area (Å²) in [5, 5.41) is 19.7. The van der Waals surface area contributed by atoms with Gasteiger partial charge in [0.2, 0.25) is 0 Å². The molecule has 2 fully saturated rings. The van der Waals surface area contributed by atoms with E-state index in [2.05, 4.69) is 24.6 Å². The van der Waals surface area contributed by atoms with Gasteiger partial charge in [0.1, 0.15) is 11.6 Å². The van der Waals surface area contributed by atoms with Crippen LogP contribution in [0, 0.1) is 0 Å². The average molecular weight is 342 g/mol. The number of aliphatic hydroxyl groups is 1. The van der Waals surface area contributed by atoms with Crippen LogP contribution in [0.1, 0.15) is 48.8 Å². The summed E-state index contributed by atoms with van der Waals surface area (Å²) >= 11 is 0. The van der Waals surface area contributed by atoms with Crippen molar-refractivity contribution in [1.29, 1.82) is 0 Å². The van der Waals surface area contributed by atoms with E-state index in [1.54, 1.807) is 12.4 Å². The zero-order valence-corrected chi connectivity index (χ0v) is 14.7. The fraction of sp³-hybridized carbons (Fsp3) is 0.611. The molecule has 7 heteroatoms. The predicted molar refractivity (Wildman–Crippen MR) is 93.6 cm³/mol. The van der Waals surface area contributed by atoms with E-state index in [9.17, 15) is 5.11 Å². The van der Waals surface area contributed by atoms with E-state index in [1.165, 1.54) is 0 Å². The summed E-state index contributed by atoms with van der Waals surface area (Å²) in [7, 11) is 2.05. The van der Waals surface area contributed by atoms with Crippen LogP contribution in [0.15, 0.2) is 24.5 Å². The number of likely N-dealkylation sites (tertiary alicyclic amines) is 1. The summed E-state index contributed by atoms with van der Waals surface area (Å²) < 4.78 is 2.12. The number of aromatic nitrogens is 4. The maximum atomic E-state index is 10.9.